The Morgan fingerprint density at radius 3 is 2.11 bits per heavy atom. The van der Waals surface area contributed by atoms with E-state index in [1.165, 1.54) is 12.8 Å². The minimum atomic E-state index is 0.100. The highest BCUT2D eigenvalue weighted by atomic mass is 16.3. The van der Waals surface area contributed by atoms with Gasteiger partial charge >= 0.3 is 0 Å². The summed E-state index contributed by atoms with van der Waals surface area (Å²) in [7, 11) is 1.82. The fraction of sp³-hybridized carbons (Fsp3) is 0.714. The van der Waals surface area contributed by atoms with E-state index in [-0.39, 0.29) is 11.8 Å². The second-order valence-corrected chi connectivity index (χ2v) is 8.11. The Balaban J connectivity index is 1.37. The highest BCUT2D eigenvalue weighted by Gasteiger charge is 2.24. The van der Waals surface area contributed by atoms with Crippen LogP contribution in [0.3, 0.4) is 0 Å². The summed E-state index contributed by atoms with van der Waals surface area (Å²) in [4.78, 5) is 33.2. The monoisotopic (exact) mass is 390 g/mol. The molecule has 156 valence electrons. The van der Waals surface area contributed by atoms with Gasteiger partial charge in [0.1, 0.15) is 11.5 Å². The summed E-state index contributed by atoms with van der Waals surface area (Å²) in [5.74, 6) is 2.04. The Morgan fingerprint density at radius 1 is 0.929 bits per heavy atom. The third-order valence-electron chi connectivity index (χ3n) is 5.76. The van der Waals surface area contributed by atoms with Crippen LogP contribution in [-0.2, 0) is 16.1 Å². The maximum atomic E-state index is 12.5. The normalized spacial score (nSPS) is 19.4. The molecule has 0 spiro atoms. The van der Waals surface area contributed by atoms with Crippen LogP contribution in [0.25, 0.3) is 0 Å². The summed E-state index contributed by atoms with van der Waals surface area (Å²) in [5, 5.41) is 0. The number of likely N-dealkylation sites (tertiary alicyclic amines) is 1. The van der Waals surface area contributed by atoms with Crippen LogP contribution in [0.5, 0.6) is 0 Å². The van der Waals surface area contributed by atoms with Gasteiger partial charge in [0.2, 0.25) is 11.8 Å². The van der Waals surface area contributed by atoms with Crippen molar-refractivity contribution in [2.75, 3.05) is 59.4 Å². The molecule has 1 aromatic heterocycles. The molecule has 0 unspecified atom stereocenters. The van der Waals surface area contributed by atoms with Gasteiger partial charge in [-0.25, -0.2) is 0 Å². The molecular weight excluding hydrogens is 356 g/mol. The second kappa shape index (κ2) is 10.1. The first-order chi connectivity index (χ1) is 13.5. The fourth-order valence-electron chi connectivity index (χ4n) is 3.92. The van der Waals surface area contributed by atoms with Crippen molar-refractivity contribution < 1.29 is 14.0 Å². The number of likely N-dealkylation sites (N-methyl/N-ethyl adjacent to an activating group) is 1. The molecule has 2 fully saturated rings. The third-order valence-corrected chi connectivity index (χ3v) is 5.76. The predicted octanol–water partition coefficient (Wildman–Crippen LogP) is 1.57. The number of hydrogen-bond acceptors (Lipinski definition) is 5. The molecule has 0 aromatic carbocycles. The van der Waals surface area contributed by atoms with Crippen LogP contribution in [0.15, 0.2) is 16.5 Å². The average molecular weight is 391 g/mol. The van der Waals surface area contributed by atoms with E-state index in [4.69, 9.17) is 4.42 Å². The Bertz CT molecular complexity index is 644. The molecule has 2 saturated heterocycles. The van der Waals surface area contributed by atoms with Gasteiger partial charge in [0.15, 0.2) is 0 Å². The van der Waals surface area contributed by atoms with Crippen molar-refractivity contribution in [2.24, 2.45) is 0 Å². The van der Waals surface area contributed by atoms with E-state index in [1.807, 2.05) is 31.0 Å². The second-order valence-electron chi connectivity index (χ2n) is 8.11. The summed E-state index contributed by atoms with van der Waals surface area (Å²) in [6.45, 7) is 8.49. The van der Waals surface area contributed by atoms with Crippen molar-refractivity contribution in [3.63, 3.8) is 0 Å². The van der Waals surface area contributed by atoms with Crippen LogP contribution in [0.4, 0.5) is 0 Å². The first kappa shape index (κ1) is 20.9. The molecule has 2 aliphatic rings. The number of amides is 2. The number of rotatable bonds is 6. The van der Waals surface area contributed by atoms with Crippen molar-refractivity contribution >= 4 is 11.8 Å². The van der Waals surface area contributed by atoms with E-state index >= 15 is 0 Å². The number of hydrogen-bond donors (Lipinski definition) is 0. The zero-order valence-corrected chi connectivity index (χ0v) is 17.4. The Morgan fingerprint density at radius 2 is 1.54 bits per heavy atom. The quantitative estimate of drug-likeness (QED) is 0.738. The van der Waals surface area contributed by atoms with E-state index < -0.39 is 0 Å². The van der Waals surface area contributed by atoms with Crippen LogP contribution >= 0.6 is 0 Å². The van der Waals surface area contributed by atoms with E-state index in [0.717, 1.165) is 63.6 Å². The van der Waals surface area contributed by atoms with E-state index in [1.54, 1.807) is 4.90 Å². The molecule has 1 aromatic rings. The number of nitrogens with zero attached hydrogens (tertiary/aromatic N) is 4. The van der Waals surface area contributed by atoms with Crippen LogP contribution in [0, 0.1) is 6.92 Å². The van der Waals surface area contributed by atoms with E-state index in [2.05, 4.69) is 9.80 Å². The lowest BCUT2D eigenvalue weighted by molar-refractivity contribution is -0.135. The molecule has 28 heavy (non-hydrogen) atoms. The number of piperazine rings is 1. The molecule has 2 amide bonds. The molecule has 2 aliphatic heterocycles. The summed E-state index contributed by atoms with van der Waals surface area (Å²) >= 11 is 0. The van der Waals surface area contributed by atoms with Crippen LogP contribution in [0.1, 0.15) is 37.2 Å². The lowest BCUT2D eigenvalue weighted by atomic mass is 10.2. The maximum absolute atomic E-state index is 12.5. The lowest BCUT2D eigenvalue weighted by Gasteiger charge is -2.35. The van der Waals surface area contributed by atoms with Gasteiger partial charge in [0.05, 0.1) is 19.6 Å². The number of carbonyl (C=O) groups excluding carboxylic acids is 2. The lowest BCUT2D eigenvalue weighted by Crippen LogP contribution is -2.52. The zero-order chi connectivity index (χ0) is 19.9. The van der Waals surface area contributed by atoms with E-state index in [0.29, 0.717) is 19.6 Å². The molecule has 0 atom stereocenters. The molecular formula is C21H34N4O3. The average Bonchev–Trinajstić information content (AvgIpc) is 2.92. The molecule has 7 heteroatoms. The van der Waals surface area contributed by atoms with Gasteiger partial charge in [0.25, 0.3) is 0 Å². The molecule has 0 saturated carbocycles. The van der Waals surface area contributed by atoms with Crippen molar-refractivity contribution in [2.45, 2.75) is 39.2 Å². The SMILES string of the molecule is Cc1ccc(CN(C)C(=O)CN2CCN(CC(=O)N3CCCCCC3)CC2)o1. The number of aryl methyl sites for hydroxylation is 1. The predicted molar refractivity (Wildman–Crippen MR) is 108 cm³/mol. The summed E-state index contributed by atoms with van der Waals surface area (Å²) < 4.78 is 5.55. The summed E-state index contributed by atoms with van der Waals surface area (Å²) in [6.07, 6.45) is 4.74. The minimum absolute atomic E-state index is 0.100. The topological polar surface area (TPSA) is 60.2 Å². The Labute approximate surface area is 168 Å². The van der Waals surface area contributed by atoms with Gasteiger partial charge < -0.3 is 14.2 Å². The van der Waals surface area contributed by atoms with Crippen molar-refractivity contribution in [3.8, 4) is 0 Å². The molecule has 0 aliphatic carbocycles. The van der Waals surface area contributed by atoms with Gasteiger partial charge in [-0.1, -0.05) is 12.8 Å². The smallest absolute Gasteiger partial charge is 0.236 e. The molecule has 3 rings (SSSR count). The van der Waals surface area contributed by atoms with Crippen molar-refractivity contribution in [1.82, 2.24) is 19.6 Å². The molecule has 3 heterocycles. The van der Waals surface area contributed by atoms with Gasteiger partial charge in [-0.15, -0.1) is 0 Å². The Hall–Kier alpha value is -1.86. The van der Waals surface area contributed by atoms with Crippen molar-refractivity contribution in [1.29, 1.82) is 0 Å². The van der Waals surface area contributed by atoms with Crippen LogP contribution in [0.2, 0.25) is 0 Å². The highest BCUT2D eigenvalue weighted by molar-refractivity contribution is 5.78. The standard InChI is InChI=1S/C21H34N4O3/c1-18-7-8-19(28-18)15-22(2)20(26)16-23-11-13-24(14-12-23)17-21(27)25-9-5-3-4-6-10-25/h7-8H,3-6,9-17H2,1-2H3. The molecule has 7 nitrogen and oxygen atoms in total. The van der Waals surface area contributed by atoms with E-state index in [9.17, 15) is 9.59 Å². The van der Waals surface area contributed by atoms with Crippen LogP contribution in [-0.4, -0.2) is 90.8 Å². The van der Waals surface area contributed by atoms with Gasteiger partial charge in [-0.2, -0.15) is 0 Å². The van der Waals surface area contributed by atoms with Crippen LogP contribution < -0.4 is 0 Å². The third kappa shape index (κ3) is 6.07. The summed E-state index contributed by atoms with van der Waals surface area (Å²) in [6, 6.07) is 3.83. The first-order valence-electron chi connectivity index (χ1n) is 10.5. The molecule has 0 N–H and O–H groups in total. The largest absolute Gasteiger partial charge is 0.464 e. The highest BCUT2D eigenvalue weighted by Crippen LogP contribution is 2.12. The molecule has 0 radical (unpaired) electrons. The van der Waals surface area contributed by atoms with Gasteiger partial charge in [-0.3, -0.25) is 19.4 Å². The number of furan rings is 1. The maximum Gasteiger partial charge on any atom is 0.236 e. The number of carbonyl (C=O) groups is 2. The zero-order valence-electron chi connectivity index (χ0n) is 17.4. The first-order valence-corrected chi connectivity index (χ1v) is 10.5. The van der Waals surface area contributed by atoms with Crippen molar-refractivity contribution in [3.05, 3.63) is 23.7 Å². The fourth-order valence-corrected chi connectivity index (χ4v) is 3.92. The molecule has 0 bridgehead atoms. The van der Waals surface area contributed by atoms with Gasteiger partial charge in [0, 0.05) is 46.3 Å². The summed E-state index contributed by atoms with van der Waals surface area (Å²) in [5.41, 5.74) is 0. The minimum Gasteiger partial charge on any atom is -0.464 e. The van der Waals surface area contributed by atoms with Gasteiger partial charge in [-0.05, 0) is 31.9 Å². The Kier molecular flexibility index (Phi) is 7.50.